The first-order valence-corrected chi connectivity index (χ1v) is 6.07. The number of benzene rings is 1. The van der Waals surface area contributed by atoms with Crippen molar-refractivity contribution >= 4 is 5.97 Å². The summed E-state index contributed by atoms with van der Waals surface area (Å²) >= 11 is 0. The molecule has 0 aliphatic heterocycles. The first kappa shape index (κ1) is 15.0. The van der Waals surface area contributed by atoms with Gasteiger partial charge in [-0.25, -0.2) is 18.4 Å². The fourth-order valence-corrected chi connectivity index (χ4v) is 2.05. The van der Waals surface area contributed by atoms with E-state index >= 15 is 0 Å². The van der Waals surface area contributed by atoms with Gasteiger partial charge >= 0.3 is 5.97 Å². The molecule has 0 fully saturated rings. The van der Waals surface area contributed by atoms with Crippen LogP contribution in [0.2, 0.25) is 0 Å². The maximum absolute atomic E-state index is 14.0. The van der Waals surface area contributed by atoms with Gasteiger partial charge in [0.05, 0.1) is 12.5 Å². The summed E-state index contributed by atoms with van der Waals surface area (Å²) in [6, 6.07) is 2.51. The Morgan fingerprint density at radius 3 is 2.76 bits per heavy atom. The van der Waals surface area contributed by atoms with Gasteiger partial charge < -0.3 is 10.2 Å². The van der Waals surface area contributed by atoms with E-state index in [0.29, 0.717) is 0 Å². The van der Waals surface area contributed by atoms with Crippen LogP contribution in [-0.4, -0.2) is 30.9 Å². The topological polar surface area (TPSA) is 88.2 Å². The molecule has 8 heteroatoms. The Bertz CT molecular complexity index is 648. The Kier molecular flexibility index (Phi) is 3.99. The first-order valence-electron chi connectivity index (χ1n) is 6.07. The molecule has 0 amide bonds. The lowest BCUT2D eigenvalue weighted by Crippen LogP contribution is -2.43. The van der Waals surface area contributed by atoms with E-state index in [0.717, 1.165) is 22.9 Å². The van der Waals surface area contributed by atoms with Crippen LogP contribution in [0.4, 0.5) is 8.78 Å². The molecule has 0 aliphatic rings. The van der Waals surface area contributed by atoms with Crippen molar-refractivity contribution in [1.29, 1.82) is 0 Å². The highest BCUT2D eigenvalue weighted by atomic mass is 19.1. The molecule has 2 atom stereocenters. The first-order chi connectivity index (χ1) is 9.84. The molecule has 2 rings (SSSR count). The normalized spacial score (nSPS) is 15.4. The fourth-order valence-electron chi connectivity index (χ4n) is 2.05. The number of carbonyl (C=O) groups is 1. The lowest BCUT2D eigenvalue weighted by Gasteiger charge is -2.32. The molecule has 0 saturated heterocycles. The summed E-state index contributed by atoms with van der Waals surface area (Å²) in [5, 5.41) is 23.6. The lowest BCUT2D eigenvalue weighted by atomic mass is 9.81. The van der Waals surface area contributed by atoms with Crippen LogP contribution >= 0.6 is 0 Å². The molecule has 0 saturated carbocycles. The molecule has 1 aromatic heterocycles. The van der Waals surface area contributed by atoms with E-state index in [1.807, 2.05) is 0 Å². The molecule has 21 heavy (non-hydrogen) atoms. The molecule has 6 nitrogen and oxygen atoms in total. The number of carboxylic acids is 1. The quantitative estimate of drug-likeness (QED) is 0.864. The van der Waals surface area contributed by atoms with Crippen LogP contribution in [0.15, 0.2) is 30.9 Å². The summed E-state index contributed by atoms with van der Waals surface area (Å²) < 4.78 is 28.5. The molecule has 2 unspecified atom stereocenters. The van der Waals surface area contributed by atoms with E-state index in [1.165, 1.54) is 19.6 Å². The summed E-state index contributed by atoms with van der Waals surface area (Å²) in [5.41, 5.74) is -2.61. The number of hydrogen-bond donors (Lipinski definition) is 2. The standard InChI is InChI=1S/C13H13F2N3O3/c1-8(12(19)20)13(21,5-18-7-16-6-17-18)10-4-9(14)2-3-11(10)15/h2-4,6-8,21H,5H2,1H3,(H,19,20). The van der Waals surface area contributed by atoms with E-state index < -0.39 is 34.7 Å². The van der Waals surface area contributed by atoms with Gasteiger partial charge in [-0.05, 0) is 25.1 Å². The summed E-state index contributed by atoms with van der Waals surface area (Å²) in [7, 11) is 0. The Balaban J connectivity index is 2.54. The number of aliphatic carboxylic acids is 1. The smallest absolute Gasteiger partial charge is 0.309 e. The summed E-state index contributed by atoms with van der Waals surface area (Å²) in [6.45, 7) is 0.838. The van der Waals surface area contributed by atoms with Gasteiger partial charge in [-0.1, -0.05) is 0 Å². The molecule has 0 spiro atoms. The van der Waals surface area contributed by atoms with Gasteiger partial charge in [-0.15, -0.1) is 0 Å². The maximum Gasteiger partial charge on any atom is 0.309 e. The van der Waals surface area contributed by atoms with Gasteiger partial charge in [0.1, 0.15) is 29.9 Å². The number of aliphatic hydroxyl groups is 1. The van der Waals surface area contributed by atoms with Crippen molar-refractivity contribution in [3.63, 3.8) is 0 Å². The van der Waals surface area contributed by atoms with E-state index in [2.05, 4.69) is 10.1 Å². The predicted molar refractivity (Wildman–Crippen MR) is 67.1 cm³/mol. The van der Waals surface area contributed by atoms with Gasteiger partial charge in [0, 0.05) is 5.56 Å². The van der Waals surface area contributed by atoms with E-state index in [-0.39, 0.29) is 6.54 Å². The van der Waals surface area contributed by atoms with Crippen LogP contribution < -0.4 is 0 Å². The average molecular weight is 297 g/mol. The number of carboxylic acid groups (broad SMARTS) is 1. The Hall–Kier alpha value is -2.35. The third kappa shape index (κ3) is 2.89. The van der Waals surface area contributed by atoms with Crippen LogP contribution in [0.25, 0.3) is 0 Å². The zero-order chi connectivity index (χ0) is 15.6. The minimum atomic E-state index is -2.17. The van der Waals surface area contributed by atoms with Crippen molar-refractivity contribution in [3.8, 4) is 0 Å². The highest BCUT2D eigenvalue weighted by Gasteiger charge is 2.43. The molecule has 1 heterocycles. The molecule has 0 aliphatic carbocycles. The Labute approximate surface area is 118 Å². The molecule has 0 radical (unpaired) electrons. The predicted octanol–water partition coefficient (Wildman–Crippen LogP) is 1.16. The van der Waals surface area contributed by atoms with Crippen molar-refractivity contribution in [1.82, 2.24) is 14.8 Å². The minimum Gasteiger partial charge on any atom is -0.481 e. The van der Waals surface area contributed by atoms with Crippen LogP contribution in [0.5, 0.6) is 0 Å². The largest absolute Gasteiger partial charge is 0.481 e. The van der Waals surface area contributed by atoms with Crippen LogP contribution in [0.3, 0.4) is 0 Å². The third-order valence-corrected chi connectivity index (χ3v) is 3.35. The van der Waals surface area contributed by atoms with Gasteiger partial charge in [-0.2, -0.15) is 5.10 Å². The Morgan fingerprint density at radius 2 is 2.19 bits per heavy atom. The summed E-state index contributed by atoms with van der Waals surface area (Å²) in [5.74, 6) is -4.41. The molecule has 1 aromatic carbocycles. The molecular formula is C13H13F2N3O3. The SMILES string of the molecule is CC(C(=O)O)C(O)(Cn1cncn1)c1cc(F)ccc1F. The van der Waals surface area contributed by atoms with Crippen LogP contribution in [0, 0.1) is 17.6 Å². The molecule has 2 N–H and O–H groups in total. The van der Waals surface area contributed by atoms with E-state index in [4.69, 9.17) is 5.11 Å². The fraction of sp³-hybridized carbons (Fsp3) is 0.308. The number of aromatic nitrogens is 3. The zero-order valence-electron chi connectivity index (χ0n) is 11.1. The molecule has 0 bridgehead atoms. The van der Waals surface area contributed by atoms with Gasteiger partial charge in [-0.3, -0.25) is 4.79 Å². The second-order valence-electron chi connectivity index (χ2n) is 4.70. The third-order valence-electron chi connectivity index (χ3n) is 3.35. The molecule has 2 aromatic rings. The van der Waals surface area contributed by atoms with Gasteiger partial charge in [0.25, 0.3) is 0 Å². The van der Waals surface area contributed by atoms with Crippen molar-refractivity contribution in [2.45, 2.75) is 19.1 Å². The van der Waals surface area contributed by atoms with Crippen molar-refractivity contribution in [3.05, 3.63) is 48.1 Å². The average Bonchev–Trinajstić information content (AvgIpc) is 2.93. The van der Waals surface area contributed by atoms with E-state index in [9.17, 15) is 18.7 Å². The second-order valence-corrected chi connectivity index (χ2v) is 4.70. The molecule has 112 valence electrons. The second kappa shape index (κ2) is 5.57. The van der Waals surface area contributed by atoms with Crippen molar-refractivity contribution in [2.24, 2.45) is 5.92 Å². The van der Waals surface area contributed by atoms with Crippen LogP contribution in [-0.2, 0) is 16.9 Å². The summed E-state index contributed by atoms with van der Waals surface area (Å²) in [4.78, 5) is 14.9. The highest BCUT2D eigenvalue weighted by Crippen LogP contribution is 2.34. The number of hydrogen-bond acceptors (Lipinski definition) is 4. The molecular weight excluding hydrogens is 284 g/mol. The van der Waals surface area contributed by atoms with Gasteiger partial charge in [0.15, 0.2) is 0 Å². The van der Waals surface area contributed by atoms with Crippen molar-refractivity contribution in [2.75, 3.05) is 0 Å². The number of halogens is 2. The maximum atomic E-state index is 14.0. The lowest BCUT2D eigenvalue weighted by molar-refractivity contribution is -0.153. The monoisotopic (exact) mass is 297 g/mol. The number of rotatable bonds is 5. The zero-order valence-corrected chi connectivity index (χ0v) is 11.1. The van der Waals surface area contributed by atoms with E-state index in [1.54, 1.807) is 0 Å². The highest BCUT2D eigenvalue weighted by molar-refractivity contribution is 5.71. The summed E-state index contributed by atoms with van der Waals surface area (Å²) in [6.07, 6.45) is 2.44. The van der Waals surface area contributed by atoms with Crippen LogP contribution in [0.1, 0.15) is 12.5 Å². The minimum absolute atomic E-state index is 0.374. The van der Waals surface area contributed by atoms with Gasteiger partial charge in [0.2, 0.25) is 0 Å². The van der Waals surface area contributed by atoms with Crippen molar-refractivity contribution < 1.29 is 23.8 Å². The number of nitrogens with zero attached hydrogens (tertiary/aromatic N) is 3. The Morgan fingerprint density at radius 1 is 1.48 bits per heavy atom.